The number of allylic oxidation sites excluding steroid dienone is 2. The summed E-state index contributed by atoms with van der Waals surface area (Å²) in [4.78, 5) is 0. The van der Waals surface area contributed by atoms with Crippen LogP contribution in [0.15, 0.2) is 12.2 Å². The number of nitrogens with one attached hydrogen (secondary N) is 2. The lowest BCUT2D eigenvalue weighted by atomic mass is 9.94. The highest BCUT2D eigenvalue weighted by Crippen LogP contribution is 2.42. The number of hydrogen-bond acceptors (Lipinski definition) is 3. The third-order valence-corrected chi connectivity index (χ3v) is 5.23. The lowest BCUT2D eigenvalue weighted by Gasteiger charge is -2.18. The number of sulfonamides is 1. The van der Waals surface area contributed by atoms with Crippen LogP contribution in [0.1, 0.15) is 19.8 Å². The fraction of sp³-hybridized carbons (Fsp3) is 0.833. The van der Waals surface area contributed by atoms with Crippen LogP contribution in [0.2, 0.25) is 0 Å². The first-order valence-electron chi connectivity index (χ1n) is 6.47. The number of hydrogen-bond donors (Lipinski definition) is 2. The Morgan fingerprint density at radius 3 is 2.65 bits per heavy atom. The van der Waals surface area contributed by atoms with Gasteiger partial charge in [-0.15, -0.1) is 0 Å². The van der Waals surface area contributed by atoms with Crippen LogP contribution in [0.4, 0.5) is 0 Å². The molecule has 98 valence electrons. The Morgan fingerprint density at radius 1 is 1.24 bits per heavy atom. The Kier molecular flexibility index (Phi) is 4.22. The zero-order valence-electron chi connectivity index (χ0n) is 10.4. The van der Waals surface area contributed by atoms with E-state index in [0.717, 1.165) is 30.8 Å². The van der Waals surface area contributed by atoms with Crippen molar-refractivity contribution in [2.75, 3.05) is 25.4 Å². The Hall–Kier alpha value is -0.390. The Bertz CT molecular complexity index is 378. The SMILES string of the molecule is CCS(=O)(=O)NCCNCC1CC2C=CC1C2. The molecule has 2 aliphatic carbocycles. The summed E-state index contributed by atoms with van der Waals surface area (Å²) in [7, 11) is -3.03. The molecule has 0 aromatic carbocycles. The molecule has 0 spiro atoms. The van der Waals surface area contributed by atoms with Gasteiger partial charge in [-0.1, -0.05) is 12.2 Å². The molecule has 5 heteroatoms. The smallest absolute Gasteiger partial charge is 0.211 e. The van der Waals surface area contributed by atoms with Gasteiger partial charge in [0.2, 0.25) is 10.0 Å². The summed E-state index contributed by atoms with van der Waals surface area (Å²) in [6, 6.07) is 0. The number of fused-ring (bicyclic) bond motifs is 2. The highest BCUT2D eigenvalue weighted by molar-refractivity contribution is 7.89. The van der Waals surface area contributed by atoms with Crippen LogP contribution in [-0.2, 0) is 10.0 Å². The van der Waals surface area contributed by atoms with E-state index in [-0.39, 0.29) is 5.75 Å². The molecule has 4 nitrogen and oxygen atoms in total. The van der Waals surface area contributed by atoms with Gasteiger partial charge in [-0.3, -0.25) is 0 Å². The van der Waals surface area contributed by atoms with Gasteiger partial charge >= 0.3 is 0 Å². The molecular weight excluding hydrogens is 236 g/mol. The van der Waals surface area contributed by atoms with Crippen LogP contribution in [-0.4, -0.2) is 33.8 Å². The van der Waals surface area contributed by atoms with Crippen LogP contribution >= 0.6 is 0 Å². The van der Waals surface area contributed by atoms with Crippen molar-refractivity contribution in [1.29, 1.82) is 0 Å². The first-order chi connectivity index (χ1) is 8.11. The van der Waals surface area contributed by atoms with Gasteiger partial charge in [-0.2, -0.15) is 0 Å². The Morgan fingerprint density at radius 2 is 2.06 bits per heavy atom. The minimum atomic E-state index is -3.03. The molecule has 0 aliphatic heterocycles. The molecule has 0 saturated heterocycles. The fourth-order valence-electron chi connectivity index (χ4n) is 2.81. The summed E-state index contributed by atoms with van der Waals surface area (Å²) in [5.41, 5.74) is 0. The van der Waals surface area contributed by atoms with E-state index < -0.39 is 10.0 Å². The second-order valence-electron chi connectivity index (χ2n) is 5.04. The van der Waals surface area contributed by atoms with Gasteiger partial charge in [0.05, 0.1) is 5.75 Å². The van der Waals surface area contributed by atoms with Crippen molar-refractivity contribution in [3.63, 3.8) is 0 Å². The van der Waals surface area contributed by atoms with Crippen molar-refractivity contribution < 1.29 is 8.42 Å². The summed E-state index contributed by atoms with van der Waals surface area (Å²) >= 11 is 0. The zero-order chi connectivity index (χ0) is 12.3. The summed E-state index contributed by atoms with van der Waals surface area (Å²) in [6.45, 7) is 3.88. The highest BCUT2D eigenvalue weighted by Gasteiger charge is 2.34. The first kappa shape index (κ1) is 13.1. The lowest BCUT2D eigenvalue weighted by molar-refractivity contribution is 0.416. The van der Waals surface area contributed by atoms with E-state index in [0.29, 0.717) is 6.54 Å². The summed E-state index contributed by atoms with van der Waals surface area (Å²) in [5.74, 6) is 2.49. The lowest BCUT2D eigenvalue weighted by Crippen LogP contribution is -2.35. The van der Waals surface area contributed by atoms with Gasteiger partial charge in [0.1, 0.15) is 0 Å². The summed E-state index contributed by atoms with van der Waals surface area (Å²) in [6.07, 6.45) is 7.32. The van der Waals surface area contributed by atoms with Crippen molar-refractivity contribution in [3.05, 3.63) is 12.2 Å². The van der Waals surface area contributed by atoms with Crippen LogP contribution in [0.25, 0.3) is 0 Å². The van der Waals surface area contributed by atoms with Crippen LogP contribution in [0.5, 0.6) is 0 Å². The van der Waals surface area contributed by atoms with E-state index in [2.05, 4.69) is 22.2 Å². The van der Waals surface area contributed by atoms with Crippen molar-refractivity contribution in [3.8, 4) is 0 Å². The van der Waals surface area contributed by atoms with E-state index in [1.165, 1.54) is 12.8 Å². The molecule has 2 aliphatic rings. The topological polar surface area (TPSA) is 58.2 Å². The van der Waals surface area contributed by atoms with Gasteiger partial charge in [0.15, 0.2) is 0 Å². The molecule has 17 heavy (non-hydrogen) atoms. The predicted molar refractivity (Wildman–Crippen MR) is 69.2 cm³/mol. The van der Waals surface area contributed by atoms with Crippen molar-refractivity contribution >= 4 is 10.0 Å². The molecule has 0 heterocycles. The molecule has 0 aromatic heterocycles. The predicted octanol–water partition coefficient (Wildman–Crippen LogP) is 0.727. The van der Waals surface area contributed by atoms with Gasteiger partial charge in [0, 0.05) is 13.1 Å². The average molecular weight is 258 g/mol. The Labute approximate surface area is 104 Å². The van der Waals surface area contributed by atoms with Crippen LogP contribution in [0.3, 0.4) is 0 Å². The molecule has 3 atom stereocenters. The average Bonchev–Trinajstić information content (AvgIpc) is 2.90. The summed E-state index contributed by atoms with van der Waals surface area (Å²) in [5, 5.41) is 3.35. The molecule has 2 bridgehead atoms. The van der Waals surface area contributed by atoms with Crippen molar-refractivity contribution in [2.24, 2.45) is 17.8 Å². The number of rotatable bonds is 7. The minimum Gasteiger partial charge on any atom is -0.315 e. The zero-order valence-corrected chi connectivity index (χ0v) is 11.2. The highest BCUT2D eigenvalue weighted by atomic mass is 32.2. The molecule has 0 aromatic rings. The molecular formula is C12H22N2O2S. The van der Waals surface area contributed by atoms with E-state index in [1.807, 2.05) is 0 Å². The Balaban J connectivity index is 1.57. The maximum Gasteiger partial charge on any atom is 0.211 e. The summed E-state index contributed by atoms with van der Waals surface area (Å²) < 4.78 is 24.9. The van der Waals surface area contributed by atoms with Gasteiger partial charge in [-0.25, -0.2) is 13.1 Å². The van der Waals surface area contributed by atoms with E-state index >= 15 is 0 Å². The monoisotopic (exact) mass is 258 g/mol. The van der Waals surface area contributed by atoms with Gasteiger partial charge in [0.25, 0.3) is 0 Å². The fourth-order valence-corrected chi connectivity index (χ4v) is 3.43. The van der Waals surface area contributed by atoms with Crippen molar-refractivity contribution in [2.45, 2.75) is 19.8 Å². The normalized spacial score (nSPS) is 31.2. The molecule has 0 amide bonds. The van der Waals surface area contributed by atoms with Crippen molar-refractivity contribution in [1.82, 2.24) is 10.0 Å². The first-order valence-corrected chi connectivity index (χ1v) is 8.12. The van der Waals surface area contributed by atoms with E-state index in [4.69, 9.17) is 0 Å². The van der Waals surface area contributed by atoms with Crippen LogP contribution in [0, 0.1) is 17.8 Å². The quantitative estimate of drug-likeness (QED) is 0.523. The van der Waals surface area contributed by atoms with E-state index in [1.54, 1.807) is 6.92 Å². The van der Waals surface area contributed by atoms with Gasteiger partial charge < -0.3 is 5.32 Å². The molecule has 1 fully saturated rings. The molecule has 1 saturated carbocycles. The molecule has 3 unspecified atom stereocenters. The third-order valence-electron chi connectivity index (χ3n) is 3.83. The largest absolute Gasteiger partial charge is 0.315 e. The second-order valence-corrected chi connectivity index (χ2v) is 7.14. The third kappa shape index (κ3) is 3.53. The minimum absolute atomic E-state index is 0.157. The molecule has 0 radical (unpaired) electrons. The molecule has 2 N–H and O–H groups in total. The second kappa shape index (κ2) is 5.50. The molecule has 2 rings (SSSR count). The maximum absolute atomic E-state index is 11.2. The van der Waals surface area contributed by atoms with Gasteiger partial charge in [-0.05, 0) is 44.1 Å². The van der Waals surface area contributed by atoms with E-state index in [9.17, 15) is 8.42 Å². The van der Waals surface area contributed by atoms with Crippen LogP contribution < -0.4 is 10.0 Å². The standard InChI is InChI=1S/C12H22N2O2S/c1-2-17(15,16)14-6-5-13-9-12-8-10-3-4-11(12)7-10/h3-4,10-14H,2,5-9H2,1H3. The maximum atomic E-state index is 11.2.